The van der Waals surface area contributed by atoms with Gasteiger partial charge in [0.1, 0.15) is 0 Å². The molecule has 0 saturated carbocycles. The van der Waals surface area contributed by atoms with Crippen LogP contribution in [0, 0.1) is 11.3 Å². The van der Waals surface area contributed by atoms with Crippen molar-refractivity contribution in [2.45, 2.75) is 38.0 Å². The maximum atomic E-state index is 8.85. The summed E-state index contributed by atoms with van der Waals surface area (Å²) >= 11 is 0. The molecule has 5 nitrogen and oxygen atoms in total. The normalized spacial score (nSPS) is 20.2. The molecule has 0 spiro atoms. The van der Waals surface area contributed by atoms with Crippen LogP contribution in [-0.2, 0) is 17.7 Å². The van der Waals surface area contributed by atoms with Gasteiger partial charge in [0.25, 0.3) is 0 Å². The Balaban J connectivity index is 1.45. The number of benzene rings is 1. The molecule has 5 heteroatoms. The second kappa shape index (κ2) is 8.00. The minimum atomic E-state index is 0.271. The number of likely N-dealkylation sites (N-methyl/N-ethyl adjacent to an activating group) is 1. The summed E-state index contributed by atoms with van der Waals surface area (Å²) in [5.74, 6) is 0. The van der Waals surface area contributed by atoms with Crippen molar-refractivity contribution < 1.29 is 4.74 Å². The molecule has 1 saturated heterocycles. The fraction of sp³-hybridized carbons (Fsp3) is 0.421. The van der Waals surface area contributed by atoms with E-state index in [1.807, 2.05) is 24.3 Å². The predicted octanol–water partition coefficient (Wildman–Crippen LogP) is 2.57. The summed E-state index contributed by atoms with van der Waals surface area (Å²) < 4.78 is 6.19. The van der Waals surface area contributed by atoms with E-state index >= 15 is 0 Å². The average molecular weight is 322 g/mol. The van der Waals surface area contributed by atoms with Crippen molar-refractivity contribution in [3.8, 4) is 6.07 Å². The van der Waals surface area contributed by atoms with Crippen LogP contribution in [0.3, 0.4) is 0 Å². The second-order valence-corrected chi connectivity index (χ2v) is 6.36. The second-order valence-electron chi connectivity index (χ2n) is 6.36. The minimum absolute atomic E-state index is 0.271. The number of rotatable bonds is 6. The van der Waals surface area contributed by atoms with Gasteiger partial charge < -0.3 is 4.74 Å². The summed E-state index contributed by atoms with van der Waals surface area (Å²) in [6, 6.07) is 9.94. The van der Waals surface area contributed by atoms with Gasteiger partial charge in [-0.2, -0.15) is 5.26 Å². The molecule has 2 aromatic rings. The van der Waals surface area contributed by atoms with Gasteiger partial charge in [-0.25, -0.2) is 0 Å². The Morgan fingerprint density at radius 3 is 2.71 bits per heavy atom. The van der Waals surface area contributed by atoms with Crippen molar-refractivity contribution in [3.63, 3.8) is 0 Å². The van der Waals surface area contributed by atoms with Crippen molar-refractivity contribution in [1.82, 2.24) is 14.9 Å². The number of hydrogen-bond acceptors (Lipinski definition) is 5. The third-order valence-electron chi connectivity index (χ3n) is 4.31. The summed E-state index contributed by atoms with van der Waals surface area (Å²) in [7, 11) is 2.09. The van der Waals surface area contributed by atoms with Gasteiger partial charge in [-0.3, -0.25) is 14.9 Å². The molecule has 0 radical (unpaired) electrons. The molecule has 2 heterocycles. The first-order valence-corrected chi connectivity index (χ1v) is 8.31. The Bertz CT molecular complexity index is 681. The molecule has 0 unspecified atom stereocenters. The molecular formula is C19H22N4O. The van der Waals surface area contributed by atoms with Crippen LogP contribution in [0.1, 0.15) is 29.7 Å². The number of aromatic nitrogens is 2. The molecule has 0 N–H and O–H groups in total. The van der Waals surface area contributed by atoms with Gasteiger partial charge in [-0.1, -0.05) is 12.1 Å². The molecule has 2 atom stereocenters. The molecule has 1 aliphatic rings. The zero-order valence-corrected chi connectivity index (χ0v) is 13.9. The summed E-state index contributed by atoms with van der Waals surface area (Å²) in [6.45, 7) is 1.69. The van der Waals surface area contributed by atoms with Crippen LogP contribution < -0.4 is 0 Å². The van der Waals surface area contributed by atoms with E-state index in [1.165, 1.54) is 5.56 Å². The first-order chi connectivity index (χ1) is 11.7. The molecule has 1 aromatic carbocycles. The minimum Gasteiger partial charge on any atom is -0.373 e. The van der Waals surface area contributed by atoms with Gasteiger partial charge in [0.2, 0.25) is 0 Å². The molecule has 0 amide bonds. The molecular weight excluding hydrogens is 300 g/mol. The van der Waals surface area contributed by atoms with E-state index in [-0.39, 0.29) is 12.2 Å². The van der Waals surface area contributed by atoms with Gasteiger partial charge in [-0.05, 0) is 44.0 Å². The largest absolute Gasteiger partial charge is 0.373 e. The molecule has 0 aliphatic carbocycles. The van der Waals surface area contributed by atoms with Crippen LogP contribution in [0.2, 0.25) is 0 Å². The standard InChI is InChI=1S/C19H22N4O/c1-23(13-17-12-21-8-9-22-17)14-19-7-6-18(24-19)10-15-2-4-16(11-20)5-3-15/h2-5,8-9,12,18-19H,6-7,10,13-14H2,1H3/t18-,19+/m0/s1. The molecule has 24 heavy (non-hydrogen) atoms. The van der Waals surface area contributed by atoms with E-state index in [4.69, 9.17) is 10.00 Å². The van der Waals surface area contributed by atoms with Crippen molar-refractivity contribution >= 4 is 0 Å². The SMILES string of the molecule is CN(Cc1cnccn1)C[C@H]1CC[C@@H](Cc2ccc(C#N)cc2)O1. The zero-order valence-electron chi connectivity index (χ0n) is 13.9. The van der Waals surface area contributed by atoms with Crippen molar-refractivity contribution in [1.29, 1.82) is 5.26 Å². The fourth-order valence-electron chi connectivity index (χ4n) is 3.14. The molecule has 124 valence electrons. The zero-order chi connectivity index (χ0) is 16.8. The van der Waals surface area contributed by atoms with E-state index in [9.17, 15) is 0 Å². The first kappa shape index (κ1) is 16.6. The smallest absolute Gasteiger partial charge is 0.0991 e. The van der Waals surface area contributed by atoms with Crippen LogP contribution in [0.5, 0.6) is 0 Å². The average Bonchev–Trinajstić information content (AvgIpc) is 3.03. The van der Waals surface area contributed by atoms with Crippen molar-refractivity contribution in [2.24, 2.45) is 0 Å². The van der Waals surface area contributed by atoms with Gasteiger partial charge in [0.15, 0.2) is 0 Å². The summed E-state index contributed by atoms with van der Waals surface area (Å²) in [6.07, 6.45) is 8.86. The van der Waals surface area contributed by atoms with Gasteiger partial charge in [0.05, 0.1) is 29.5 Å². The van der Waals surface area contributed by atoms with Crippen LogP contribution in [0.15, 0.2) is 42.9 Å². The lowest BCUT2D eigenvalue weighted by Gasteiger charge is -2.21. The van der Waals surface area contributed by atoms with Gasteiger partial charge >= 0.3 is 0 Å². The lowest BCUT2D eigenvalue weighted by atomic mass is 10.0. The number of nitrogens with zero attached hydrogens (tertiary/aromatic N) is 4. The Morgan fingerprint density at radius 2 is 2.00 bits per heavy atom. The van der Waals surface area contributed by atoms with E-state index in [0.29, 0.717) is 5.56 Å². The Labute approximate surface area is 142 Å². The van der Waals surface area contributed by atoms with Crippen LogP contribution in [0.25, 0.3) is 0 Å². The summed E-state index contributed by atoms with van der Waals surface area (Å²) in [5, 5.41) is 8.85. The lowest BCUT2D eigenvalue weighted by Crippen LogP contribution is -2.29. The topological polar surface area (TPSA) is 62.0 Å². The highest BCUT2D eigenvalue weighted by atomic mass is 16.5. The number of hydrogen-bond donors (Lipinski definition) is 0. The van der Waals surface area contributed by atoms with Crippen LogP contribution in [0.4, 0.5) is 0 Å². The Hall–Kier alpha value is -2.29. The highest BCUT2D eigenvalue weighted by Gasteiger charge is 2.26. The molecule has 3 rings (SSSR count). The molecule has 1 aliphatic heterocycles. The maximum absolute atomic E-state index is 8.85. The predicted molar refractivity (Wildman–Crippen MR) is 91.1 cm³/mol. The molecule has 1 aromatic heterocycles. The Kier molecular flexibility index (Phi) is 5.52. The third-order valence-corrected chi connectivity index (χ3v) is 4.31. The van der Waals surface area contributed by atoms with Gasteiger partial charge in [0, 0.05) is 31.7 Å². The Morgan fingerprint density at radius 1 is 1.21 bits per heavy atom. The fourth-order valence-corrected chi connectivity index (χ4v) is 3.14. The van der Waals surface area contributed by atoms with E-state index in [1.54, 1.807) is 18.6 Å². The van der Waals surface area contributed by atoms with E-state index in [0.717, 1.165) is 38.0 Å². The van der Waals surface area contributed by atoms with Crippen molar-refractivity contribution in [2.75, 3.05) is 13.6 Å². The van der Waals surface area contributed by atoms with E-state index in [2.05, 4.69) is 28.0 Å². The first-order valence-electron chi connectivity index (χ1n) is 8.31. The van der Waals surface area contributed by atoms with Gasteiger partial charge in [-0.15, -0.1) is 0 Å². The highest BCUT2D eigenvalue weighted by molar-refractivity contribution is 5.31. The van der Waals surface area contributed by atoms with Crippen molar-refractivity contribution in [3.05, 3.63) is 59.7 Å². The maximum Gasteiger partial charge on any atom is 0.0991 e. The number of nitriles is 1. The third kappa shape index (κ3) is 4.60. The summed E-state index contributed by atoms with van der Waals surface area (Å²) in [4.78, 5) is 10.6. The van der Waals surface area contributed by atoms with Crippen LogP contribution >= 0.6 is 0 Å². The lowest BCUT2D eigenvalue weighted by molar-refractivity contribution is 0.0265. The quantitative estimate of drug-likeness (QED) is 0.818. The summed E-state index contributed by atoms with van der Waals surface area (Å²) in [5.41, 5.74) is 2.91. The van der Waals surface area contributed by atoms with E-state index < -0.39 is 0 Å². The molecule has 0 bridgehead atoms. The molecule has 1 fully saturated rings. The number of ether oxygens (including phenoxy) is 1. The van der Waals surface area contributed by atoms with Crippen LogP contribution in [-0.4, -0.2) is 40.7 Å². The monoisotopic (exact) mass is 322 g/mol. The highest BCUT2D eigenvalue weighted by Crippen LogP contribution is 2.23.